The predicted molar refractivity (Wildman–Crippen MR) is 126 cm³/mol. The number of hydrogen-bond acceptors (Lipinski definition) is 5. The van der Waals surface area contributed by atoms with Gasteiger partial charge in [0, 0.05) is 37.0 Å². The Morgan fingerprint density at radius 1 is 0.939 bits per heavy atom. The van der Waals surface area contributed by atoms with Gasteiger partial charge in [0.1, 0.15) is 0 Å². The molecule has 1 fully saturated rings. The van der Waals surface area contributed by atoms with E-state index in [4.69, 9.17) is 0 Å². The van der Waals surface area contributed by atoms with Crippen molar-refractivity contribution in [2.45, 2.75) is 29.5 Å². The van der Waals surface area contributed by atoms with Crippen molar-refractivity contribution in [1.82, 2.24) is 14.5 Å². The van der Waals surface area contributed by atoms with E-state index in [1.165, 1.54) is 11.8 Å². The van der Waals surface area contributed by atoms with Crippen LogP contribution in [0.2, 0.25) is 0 Å². The zero-order valence-electron chi connectivity index (χ0n) is 17.9. The number of amides is 3. The van der Waals surface area contributed by atoms with Crippen LogP contribution in [0.3, 0.4) is 0 Å². The highest BCUT2D eigenvalue weighted by Gasteiger charge is 2.39. The highest BCUT2D eigenvalue weighted by atomic mass is 32.2. The smallest absolute Gasteiger partial charge is 0.247 e. The lowest BCUT2D eigenvalue weighted by molar-refractivity contribution is -0.137. The summed E-state index contributed by atoms with van der Waals surface area (Å²) in [6.07, 6.45) is 1.19. The number of imidazole rings is 1. The maximum absolute atomic E-state index is 13.3. The summed E-state index contributed by atoms with van der Waals surface area (Å²) in [5.74, 6) is 0.191. The lowest BCUT2D eigenvalue weighted by Crippen LogP contribution is -2.49. The Hall–Kier alpha value is -3.33. The van der Waals surface area contributed by atoms with Crippen LogP contribution in [0.4, 0.5) is 11.6 Å². The minimum Gasteiger partial charge on any atom is -0.341 e. The number of anilines is 2. The second-order valence-electron chi connectivity index (χ2n) is 8.62. The van der Waals surface area contributed by atoms with Crippen LogP contribution in [0, 0.1) is 5.92 Å². The molecule has 0 bridgehead atoms. The molecule has 1 N–H and O–H groups in total. The number of rotatable bonds is 2. The lowest BCUT2D eigenvalue weighted by atomic mass is 9.95. The van der Waals surface area contributed by atoms with E-state index in [9.17, 15) is 14.4 Å². The molecule has 6 rings (SSSR count). The van der Waals surface area contributed by atoms with Crippen LogP contribution in [0.1, 0.15) is 12.8 Å². The topological polar surface area (TPSA) is 87.5 Å². The number of nitrogens with one attached hydrogen (secondary N) is 1. The molecule has 0 aliphatic carbocycles. The zero-order chi connectivity index (χ0) is 22.5. The van der Waals surface area contributed by atoms with Gasteiger partial charge in [0.2, 0.25) is 23.7 Å². The quantitative estimate of drug-likeness (QED) is 0.593. The normalized spacial score (nSPS) is 20.5. The summed E-state index contributed by atoms with van der Waals surface area (Å²) in [7, 11) is 0. The van der Waals surface area contributed by atoms with Gasteiger partial charge in [-0.15, -0.1) is 11.8 Å². The third kappa shape index (κ3) is 3.38. The number of thioether (sulfide) groups is 1. The molecule has 0 spiro atoms. The van der Waals surface area contributed by atoms with Gasteiger partial charge in [-0.2, -0.15) is 0 Å². The summed E-state index contributed by atoms with van der Waals surface area (Å²) in [6, 6.07) is 15.4. The number of piperidine rings is 1. The molecule has 8 nitrogen and oxygen atoms in total. The minimum absolute atomic E-state index is 0.0786. The number of aromatic nitrogens is 2. The minimum atomic E-state index is -0.786. The van der Waals surface area contributed by atoms with Crippen molar-refractivity contribution < 1.29 is 14.4 Å². The Bertz CT molecular complexity index is 1280. The number of fused-ring (bicyclic) bond motifs is 4. The number of hydrogen-bond donors (Lipinski definition) is 1. The molecule has 168 valence electrons. The molecule has 3 aliphatic rings. The van der Waals surface area contributed by atoms with E-state index in [2.05, 4.69) is 14.9 Å². The van der Waals surface area contributed by atoms with E-state index >= 15 is 0 Å². The zero-order valence-corrected chi connectivity index (χ0v) is 18.8. The molecule has 1 atom stereocenters. The molecule has 1 aromatic heterocycles. The van der Waals surface area contributed by atoms with E-state index in [-0.39, 0.29) is 23.6 Å². The second kappa shape index (κ2) is 7.91. The summed E-state index contributed by atoms with van der Waals surface area (Å²) in [5.41, 5.74) is 2.70. The Labute approximate surface area is 194 Å². The number of nitrogens with zero attached hydrogens (tertiary/aromatic N) is 4. The first-order chi connectivity index (χ1) is 16.1. The lowest BCUT2D eigenvalue weighted by Gasteiger charge is -2.35. The number of para-hydroxylation sites is 3. The van der Waals surface area contributed by atoms with Gasteiger partial charge in [-0.25, -0.2) is 4.98 Å². The second-order valence-corrected chi connectivity index (χ2v) is 9.77. The molecule has 0 radical (unpaired) electrons. The number of benzene rings is 2. The van der Waals surface area contributed by atoms with Gasteiger partial charge in [-0.1, -0.05) is 24.3 Å². The van der Waals surface area contributed by atoms with Gasteiger partial charge in [-0.3, -0.25) is 19.3 Å². The first-order valence-corrected chi connectivity index (χ1v) is 12.1. The SMILES string of the molecule is O=C1Nc2ccccc2S[C@@H]1C(=O)N1CCC(C(=O)N2CCn3c2nc2ccccc23)CC1. The summed E-state index contributed by atoms with van der Waals surface area (Å²) < 4.78 is 2.10. The van der Waals surface area contributed by atoms with Crippen LogP contribution >= 0.6 is 11.8 Å². The molecule has 0 saturated carbocycles. The van der Waals surface area contributed by atoms with Crippen LogP contribution in [0.25, 0.3) is 11.0 Å². The van der Waals surface area contributed by atoms with Gasteiger partial charge < -0.3 is 14.8 Å². The standard InChI is InChI=1S/C24H23N5O3S/c30-21-20(33-19-8-4-2-6-17(19)25-21)23(32)27-11-9-15(10-12-27)22(31)29-14-13-28-18-7-3-1-5-16(18)26-24(28)29/h1-8,15,20H,9-14H2,(H,25,30)/t20-/m0/s1. The van der Waals surface area contributed by atoms with Crippen LogP contribution in [-0.4, -0.2) is 57.1 Å². The molecule has 2 aromatic carbocycles. The molecule has 33 heavy (non-hydrogen) atoms. The van der Waals surface area contributed by atoms with E-state index < -0.39 is 5.25 Å². The van der Waals surface area contributed by atoms with Crippen molar-refractivity contribution in [1.29, 1.82) is 0 Å². The van der Waals surface area contributed by atoms with Crippen molar-refractivity contribution in [2.24, 2.45) is 5.92 Å². The summed E-state index contributed by atoms with van der Waals surface area (Å²) in [5, 5.41) is 2.05. The maximum Gasteiger partial charge on any atom is 0.247 e. The number of carbonyl (C=O) groups excluding carboxylic acids is 3. The monoisotopic (exact) mass is 461 g/mol. The maximum atomic E-state index is 13.3. The Balaban J connectivity index is 1.12. The first kappa shape index (κ1) is 20.3. The molecule has 1 saturated heterocycles. The predicted octanol–water partition coefficient (Wildman–Crippen LogP) is 2.73. The highest BCUT2D eigenvalue weighted by Crippen LogP contribution is 2.37. The fraction of sp³-hybridized carbons (Fsp3) is 0.333. The third-order valence-corrected chi connectivity index (χ3v) is 7.96. The average Bonchev–Trinajstić information content (AvgIpc) is 3.42. The van der Waals surface area contributed by atoms with E-state index in [1.807, 2.05) is 48.5 Å². The van der Waals surface area contributed by atoms with Crippen molar-refractivity contribution >= 4 is 52.2 Å². The van der Waals surface area contributed by atoms with E-state index in [0.717, 1.165) is 28.2 Å². The highest BCUT2D eigenvalue weighted by molar-refractivity contribution is 8.01. The first-order valence-electron chi connectivity index (χ1n) is 11.2. The molecule has 0 unspecified atom stereocenters. The molecule has 3 aliphatic heterocycles. The van der Waals surface area contributed by atoms with Gasteiger partial charge in [0.05, 0.1) is 16.7 Å². The van der Waals surface area contributed by atoms with Crippen LogP contribution in [0.15, 0.2) is 53.4 Å². The Morgan fingerprint density at radius 3 is 2.55 bits per heavy atom. The molecule has 3 aromatic rings. The average molecular weight is 462 g/mol. The fourth-order valence-electron chi connectivity index (χ4n) is 4.95. The van der Waals surface area contributed by atoms with Gasteiger partial charge in [-0.05, 0) is 37.1 Å². The molecular weight excluding hydrogens is 438 g/mol. The Kier molecular flexibility index (Phi) is 4.86. The molecular formula is C24H23N5O3S. The fourth-order valence-corrected chi connectivity index (χ4v) is 6.02. The van der Waals surface area contributed by atoms with E-state index in [1.54, 1.807) is 9.80 Å². The van der Waals surface area contributed by atoms with Gasteiger partial charge in [0.25, 0.3) is 0 Å². The number of likely N-dealkylation sites (tertiary alicyclic amines) is 1. The Morgan fingerprint density at radius 2 is 1.70 bits per heavy atom. The summed E-state index contributed by atoms with van der Waals surface area (Å²) in [6.45, 7) is 2.33. The largest absolute Gasteiger partial charge is 0.341 e. The van der Waals surface area contributed by atoms with Crippen molar-refractivity contribution in [3.63, 3.8) is 0 Å². The van der Waals surface area contributed by atoms with Crippen molar-refractivity contribution in [3.8, 4) is 0 Å². The van der Waals surface area contributed by atoms with Crippen molar-refractivity contribution in [3.05, 3.63) is 48.5 Å². The molecule has 9 heteroatoms. The van der Waals surface area contributed by atoms with Crippen LogP contribution in [-0.2, 0) is 20.9 Å². The summed E-state index contributed by atoms with van der Waals surface area (Å²) in [4.78, 5) is 48.0. The van der Waals surface area contributed by atoms with Crippen molar-refractivity contribution in [2.75, 3.05) is 29.9 Å². The number of carbonyl (C=O) groups is 3. The summed E-state index contributed by atoms with van der Waals surface area (Å²) >= 11 is 1.30. The van der Waals surface area contributed by atoms with Crippen LogP contribution < -0.4 is 10.2 Å². The molecule has 3 amide bonds. The third-order valence-electron chi connectivity index (χ3n) is 6.70. The van der Waals surface area contributed by atoms with E-state index in [0.29, 0.717) is 38.4 Å². The van der Waals surface area contributed by atoms with Crippen LogP contribution in [0.5, 0.6) is 0 Å². The molecule has 4 heterocycles. The van der Waals surface area contributed by atoms with Gasteiger partial charge >= 0.3 is 0 Å². The van der Waals surface area contributed by atoms with Gasteiger partial charge in [0.15, 0.2) is 5.25 Å².